The lowest BCUT2D eigenvalue weighted by atomic mass is 9.74. The zero-order chi connectivity index (χ0) is 14.9. The van der Waals surface area contributed by atoms with Crippen LogP contribution >= 0.6 is 11.3 Å². The average Bonchev–Trinajstić information content (AvgIpc) is 3.03. The van der Waals surface area contributed by atoms with Crippen molar-refractivity contribution in [1.82, 2.24) is 9.38 Å². The molecule has 21 heavy (non-hydrogen) atoms. The fourth-order valence-corrected chi connectivity index (χ4v) is 4.17. The molecule has 5 heteroatoms. The summed E-state index contributed by atoms with van der Waals surface area (Å²) in [6, 6.07) is 0.0227. The van der Waals surface area contributed by atoms with Crippen LogP contribution < -0.4 is 5.73 Å². The molecule has 2 N–H and O–H groups in total. The van der Waals surface area contributed by atoms with E-state index < -0.39 is 0 Å². The third-order valence-electron chi connectivity index (χ3n) is 4.80. The highest BCUT2D eigenvalue weighted by Gasteiger charge is 2.40. The highest BCUT2D eigenvalue weighted by Crippen LogP contribution is 2.37. The van der Waals surface area contributed by atoms with Gasteiger partial charge in [-0.25, -0.2) is 4.98 Å². The predicted octanol–water partition coefficient (Wildman–Crippen LogP) is 3.25. The summed E-state index contributed by atoms with van der Waals surface area (Å²) in [5.41, 5.74) is 7.49. The first-order valence-electron chi connectivity index (χ1n) is 7.93. The van der Waals surface area contributed by atoms with Crippen molar-refractivity contribution < 1.29 is 4.74 Å². The van der Waals surface area contributed by atoms with Crippen molar-refractivity contribution in [2.24, 2.45) is 11.7 Å². The molecule has 0 spiro atoms. The number of ether oxygens (including phenoxy) is 1. The summed E-state index contributed by atoms with van der Waals surface area (Å²) >= 11 is 1.66. The largest absolute Gasteiger partial charge is 0.374 e. The van der Waals surface area contributed by atoms with Crippen molar-refractivity contribution in [1.29, 1.82) is 0 Å². The maximum absolute atomic E-state index is 6.57. The SMILES string of the molecule is CCOC1(C(N)Cc2cn3ccsc3n2)CCC(C)CC1. The zero-order valence-electron chi connectivity index (χ0n) is 12.9. The van der Waals surface area contributed by atoms with Crippen molar-refractivity contribution in [2.45, 2.75) is 57.6 Å². The summed E-state index contributed by atoms with van der Waals surface area (Å²) in [7, 11) is 0. The lowest BCUT2D eigenvalue weighted by molar-refractivity contribution is -0.0884. The number of imidazole rings is 1. The van der Waals surface area contributed by atoms with Gasteiger partial charge in [0.2, 0.25) is 0 Å². The molecule has 1 aliphatic carbocycles. The molecule has 1 saturated carbocycles. The minimum Gasteiger partial charge on any atom is -0.374 e. The molecule has 0 radical (unpaired) electrons. The molecule has 0 saturated heterocycles. The molecule has 0 aliphatic heterocycles. The Hall–Kier alpha value is -0.910. The third kappa shape index (κ3) is 3.00. The van der Waals surface area contributed by atoms with Gasteiger partial charge in [-0.2, -0.15) is 0 Å². The molecular weight excluding hydrogens is 282 g/mol. The molecule has 2 aromatic rings. The number of rotatable bonds is 5. The fraction of sp³-hybridized carbons (Fsp3) is 0.688. The number of aromatic nitrogens is 2. The summed E-state index contributed by atoms with van der Waals surface area (Å²) in [6.07, 6.45) is 9.51. The first-order valence-corrected chi connectivity index (χ1v) is 8.81. The van der Waals surface area contributed by atoms with Gasteiger partial charge in [0.05, 0.1) is 11.3 Å². The standard InChI is InChI=1S/C16H25N3OS/c1-3-20-16(6-4-12(2)5-7-16)14(17)10-13-11-19-8-9-21-15(19)18-13/h8-9,11-12,14H,3-7,10,17H2,1-2H3. The molecule has 1 fully saturated rings. The van der Waals surface area contributed by atoms with Crippen LogP contribution in [0.15, 0.2) is 17.8 Å². The molecule has 0 amide bonds. The first kappa shape index (κ1) is 15.0. The van der Waals surface area contributed by atoms with Crippen LogP contribution in [0.2, 0.25) is 0 Å². The number of fused-ring (bicyclic) bond motifs is 1. The molecule has 1 atom stereocenters. The van der Waals surface area contributed by atoms with E-state index in [1.54, 1.807) is 11.3 Å². The van der Waals surface area contributed by atoms with Crippen molar-refractivity contribution >= 4 is 16.3 Å². The number of hydrogen-bond acceptors (Lipinski definition) is 4. The zero-order valence-corrected chi connectivity index (χ0v) is 13.7. The predicted molar refractivity (Wildman–Crippen MR) is 86.7 cm³/mol. The van der Waals surface area contributed by atoms with E-state index in [4.69, 9.17) is 10.5 Å². The Labute approximate surface area is 130 Å². The van der Waals surface area contributed by atoms with Gasteiger partial charge in [0.1, 0.15) is 0 Å². The quantitative estimate of drug-likeness (QED) is 0.922. The number of thiazole rings is 1. The maximum Gasteiger partial charge on any atom is 0.193 e. The van der Waals surface area contributed by atoms with E-state index in [1.165, 1.54) is 12.8 Å². The van der Waals surface area contributed by atoms with Crippen LogP contribution in [0.4, 0.5) is 0 Å². The second-order valence-corrected chi connectivity index (χ2v) is 7.19. The number of nitrogens with zero attached hydrogens (tertiary/aromatic N) is 2. The molecule has 0 aromatic carbocycles. The van der Waals surface area contributed by atoms with Crippen LogP contribution in [0.1, 0.15) is 45.2 Å². The van der Waals surface area contributed by atoms with Crippen LogP contribution in [0.25, 0.3) is 4.96 Å². The monoisotopic (exact) mass is 307 g/mol. The molecule has 1 unspecified atom stereocenters. The number of hydrogen-bond donors (Lipinski definition) is 1. The normalized spacial score (nSPS) is 28.0. The minimum atomic E-state index is -0.154. The van der Waals surface area contributed by atoms with Gasteiger partial charge in [-0.3, -0.25) is 4.40 Å². The number of nitrogens with two attached hydrogens (primary N) is 1. The third-order valence-corrected chi connectivity index (χ3v) is 5.57. The van der Waals surface area contributed by atoms with Crippen LogP contribution in [0, 0.1) is 5.92 Å². The molecule has 2 aromatic heterocycles. The van der Waals surface area contributed by atoms with Gasteiger partial charge in [-0.1, -0.05) is 6.92 Å². The van der Waals surface area contributed by atoms with E-state index in [-0.39, 0.29) is 11.6 Å². The topological polar surface area (TPSA) is 52.5 Å². The smallest absolute Gasteiger partial charge is 0.193 e. The van der Waals surface area contributed by atoms with Gasteiger partial charge in [0.15, 0.2) is 4.96 Å². The van der Waals surface area contributed by atoms with Crippen LogP contribution in [-0.2, 0) is 11.2 Å². The molecular formula is C16H25N3OS. The minimum absolute atomic E-state index is 0.0227. The van der Waals surface area contributed by atoms with Gasteiger partial charge in [0.25, 0.3) is 0 Å². The average molecular weight is 307 g/mol. The van der Waals surface area contributed by atoms with E-state index in [2.05, 4.69) is 34.8 Å². The van der Waals surface area contributed by atoms with Crippen molar-refractivity contribution in [3.63, 3.8) is 0 Å². The van der Waals surface area contributed by atoms with Gasteiger partial charge in [-0.05, 0) is 38.5 Å². The summed E-state index contributed by atoms with van der Waals surface area (Å²) in [6.45, 7) is 5.13. The van der Waals surface area contributed by atoms with Crippen LogP contribution in [0.5, 0.6) is 0 Å². The second-order valence-electron chi connectivity index (χ2n) is 6.32. The Bertz CT molecular complexity index is 555. The summed E-state index contributed by atoms with van der Waals surface area (Å²) < 4.78 is 8.22. The van der Waals surface area contributed by atoms with Gasteiger partial charge >= 0.3 is 0 Å². The molecule has 116 valence electrons. The molecule has 0 bridgehead atoms. The molecule has 1 aliphatic rings. The summed E-state index contributed by atoms with van der Waals surface area (Å²) in [4.78, 5) is 5.70. The van der Waals surface area contributed by atoms with Crippen LogP contribution in [0.3, 0.4) is 0 Å². The van der Waals surface area contributed by atoms with E-state index in [9.17, 15) is 0 Å². The fourth-order valence-electron chi connectivity index (χ4n) is 3.45. The van der Waals surface area contributed by atoms with Gasteiger partial charge < -0.3 is 10.5 Å². The molecule has 2 heterocycles. The van der Waals surface area contributed by atoms with E-state index in [0.717, 1.165) is 42.4 Å². The van der Waals surface area contributed by atoms with E-state index >= 15 is 0 Å². The molecule has 4 nitrogen and oxygen atoms in total. The Balaban J connectivity index is 1.74. The van der Waals surface area contributed by atoms with E-state index in [1.807, 2.05) is 6.20 Å². The maximum atomic E-state index is 6.57. The Morgan fingerprint density at radius 1 is 1.52 bits per heavy atom. The van der Waals surface area contributed by atoms with Crippen molar-refractivity contribution in [2.75, 3.05) is 6.61 Å². The first-order chi connectivity index (χ1) is 10.1. The van der Waals surface area contributed by atoms with Gasteiger partial charge in [0, 0.05) is 36.8 Å². The van der Waals surface area contributed by atoms with Crippen LogP contribution in [-0.4, -0.2) is 27.6 Å². The van der Waals surface area contributed by atoms with Gasteiger partial charge in [-0.15, -0.1) is 11.3 Å². The Kier molecular flexibility index (Phi) is 4.33. The second kappa shape index (κ2) is 6.07. The van der Waals surface area contributed by atoms with Crippen molar-refractivity contribution in [3.8, 4) is 0 Å². The lowest BCUT2D eigenvalue weighted by Gasteiger charge is -2.43. The van der Waals surface area contributed by atoms with Crippen molar-refractivity contribution in [3.05, 3.63) is 23.5 Å². The summed E-state index contributed by atoms with van der Waals surface area (Å²) in [5, 5.41) is 2.05. The Morgan fingerprint density at radius 3 is 2.95 bits per heavy atom. The summed E-state index contributed by atoms with van der Waals surface area (Å²) in [5.74, 6) is 0.795. The Morgan fingerprint density at radius 2 is 2.29 bits per heavy atom. The highest BCUT2D eigenvalue weighted by atomic mass is 32.1. The lowest BCUT2D eigenvalue weighted by Crippen LogP contribution is -2.53. The molecule has 3 rings (SSSR count). The highest BCUT2D eigenvalue weighted by molar-refractivity contribution is 7.15. The van der Waals surface area contributed by atoms with E-state index in [0.29, 0.717) is 0 Å².